The average molecular weight is 371 g/mol. The van der Waals surface area contributed by atoms with E-state index in [2.05, 4.69) is 0 Å². The van der Waals surface area contributed by atoms with Crippen LogP contribution in [0.2, 0.25) is 0 Å². The van der Waals surface area contributed by atoms with Crippen LogP contribution in [0, 0.1) is 11.8 Å². The van der Waals surface area contributed by atoms with Crippen LogP contribution >= 0.6 is 0 Å². The van der Waals surface area contributed by atoms with Gasteiger partial charge in [0.1, 0.15) is 18.8 Å². The molecule has 7 nitrogen and oxygen atoms in total. The summed E-state index contributed by atoms with van der Waals surface area (Å²) >= 11 is 0. The van der Waals surface area contributed by atoms with E-state index in [0.29, 0.717) is 6.42 Å². The third-order valence-corrected chi connectivity index (χ3v) is 5.40. The zero-order valence-corrected chi connectivity index (χ0v) is 14.9. The van der Waals surface area contributed by atoms with Crippen LogP contribution in [0.3, 0.4) is 0 Å². The van der Waals surface area contributed by atoms with Crippen molar-refractivity contribution in [2.45, 2.75) is 38.1 Å². The maximum Gasteiger partial charge on any atom is 0.411 e. The fraction of sp³-hybridized carbons (Fsp3) is 0.450. The topological polar surface area (TPSA) is 82.1 Å². The first kappa shape index (κ1) is 17.6. The number of benzene rings is 1. The first-order valence-corrected chi connectivity index (χ1v) is 9.14. The van der Waals surface area contributed by atoms with E-state index in [1.165, 1.54) is 4.90 Å². The van der Waals surface area contributed by atoms with Crippen molar-refractivity contribution >= 4 is 18.0 Å². The molecule has 2 aliphatic heterocycles. The predicted molar refractivity (Wildman–Crippen MR) is 93.3 cm³/mol. The molecule has 0 unspecified atom stereocenters. The first-order chi connectivity index (χ1) is 13.1. The zero-order valence-electron chi connectivity index (χ0n) is 14.9. The van der Waals surface area contributed by atoms with Crippen molar-refractivity contribution in [2.75, 3.05) is 6.61 Å². The molecule has 4 rings (SSSR count). The van der Waals surface area contributed by atoms with E-state index in [4.69, 9.17) is 14.2 Å². The third-order valence-electron chi connectivity index (χ3n) is 5.40. The molecule has 1 aromatic rings. The highest BCUT2D eigenvalue weighted by Crippen LogP contribution is 2.45. The Morgan fingerprint density at radius 1 is 1.19 bits per heavy atom. The Bertz CT molecular complexity index is 776. The lowest BCUT2D eigenvalue weighted by Gasteiger charge is -2.41. The van der Waals surface area contributed by atoms with Gasteiger partial charge in [-0.05, 0) is 25.0 Å². The number of rotatable bonds is 4. The minimum Gasteiger partial charge on any atom is -0.466 e. The van der Waals surface area contributed by atoms with Gasteiger partial charge in [0.15, 0.2) is 0 Å². The molecule has 2 bridgehead atoms. The fourth-order valence-electron chi connectivity index (χ4n) is 4.24. The number of esters is 2. The molecule has 2 fully saturated rings. The smallest absolute Gasteiger partial charge is 0.411 e. The van der Waals surface area contributed by atoms with Crippen LogP contribution in [0.4, 0.5) is 4.79 Å². The lowest BCUT2D eigenvalue weighted by molar-refractivity contribution is -0.163. The summed E-state index contributed by atoms with van der Waals surface area (Å²) in [6, 6.07) is 8.21. The fourth-order valence-corrected chi connectivity index (χ4v) is 4.24. The molecule has 0 N–H and O–H groups in total. The van der Waals surface area contributed by atoms with Gasteiger partial charge in [-0.25, -0.2) is 9.59 Å². The van der Waals surface area contributed by atoms with Crippen molar-refractivity contribution in [1.82, 2.24) is 4.90 Å². The molecule has 5 atom stereocenters. The van der Waals surface area contributed by atoms with Crippen LogP contribution in [0.5, 0.6) is 0 Å². The number of carbonyl (C=O) groups excluding carboxylic acids is 3. The van der Waals surface area contributed by atoms with Crippen LogP contribution in [0.25, 0.3) is 0 Å². The molecule has 1 amide bonds. The van der Waals surface area contributed by atoms with Crippen LogP contribution in [-0.4, -0.2) is 47.7 Å². The van der Waals surface area contributed by atoms with Gasteiger partial charge in [0.2, 0.25) is 0 Å². The Morgan fingerprint density at radius 3 is 2.70 bits per heavy atom. The number of hydrogen-bond acceptors (Lipinski definition) is 6. The van der Waals surface area contributed by atoms with Crippen molar-refractivity contribution in [3.05, 3.63) is 48.0 Å². The summed E-state index contributed by atoms with van der Waals surface area (Å²) in [7, 11) is 0. The monoisotopic (exact) mass is 371 g/mol. The van der Waals surface area contributed by atoms with Crippen LogP contribution in [-0.2, 0) is 30.4 Å². The molecule has 7 heteroatoms. The summed E-state index contributed by atoms with van der Waals surface area (Å²) in [6.07, 6.45) is 2.67. The number of fused-ring (bicyclic) bond motifs is 1. The van der Waals surface area contributed by atoms with Gasteiger partial charge in [-0.1, -0.05) is 36.4 Å². The Hall–Kier alpha value is -2.83. The Labute approximate surface area is 156 Å². The van der Waals surface area contributed by atoms with Gasteiger partial charge in [0.25, 0.3) is 0 Å². The van der Waals surface area contributed by atoms with E-state index >= 15 is 0 Å². The summed E-state index contributed by atoms with van der Waals surface area (Å²) in [6.45, 7) is 2.16. The number of amides is 1. The molecule has 1 aromatic carbocycles. The van der Waals surface area contributed by atoms with Crippen LogP contribution in [0.1, 0.15) is 18.9 Å². The van der Waals surface area contributed by atoms with Gasteiger partial charge in [-0.2, -0.15) is 0 Å². The van der Waals surface area contributed by atoms with Gasteiger partial charge < -0.3 is 14.2 Å². The van der Waals surface area contributed by atoms with E-state index in [0.717, 1.165) is 5.56 Å². The number of nitrogens with zero attached hydrogens (tertiary/aromatic N) is 1. The second-order valence-corrected chi connectivity index (χ2v) is 6.92. The molecule has 0 spiro atoms. The van der Waals surface area contributed by atoms with Gasteiger partial charge in [0.05, 0.1) is 18.6 Å². The van der Waals surface area contributed by atoms with E-state index in [1.54, 1.807) is 19.1 Å². The largest absolute Gasteiger partial charge is 0.466 e. The number of hydrogen-bond donors (Lipinski definition) is 0. The van der Waals surface area contributed by atoms with Crippen molar-refractivity contribution in [3.63, 3.8) is 0 Å². The number of ether oxygens (including phenoxy) is 3. The molecule has 0 aromatic heterocycles. The highest BCUT2D eigenvalue weighted by atomic mass is 16.6. The summed E-state index contributed by atoms with van der Waals surface area (Å²) in [4.78, 5) is 38.9. The van der Waals surface area contributed by atoms with Crippen molar-refractivity contribution in [3.8, 4) is 0 Å². The van der Waals surface area contributed by atoms with Gasteiger partial charge in [-0.3, -0.25) is 9.69 Å². The van der Waals surface area contributed by atoms with Gasteiger partial charge >= 0.3 is 18.0 Å². The molecule has 1 aliphatic carbocycles. The standard InChI is InChI=1S/C20H21NO6/c1-2-25-18(22)13-8-9-16-17-14(13)10-15(19(23)27-16)21(17)20(24)26-11-12-6-4-3-5-7-12/h3-9,13-17H,2,10-11H2,1H3/t13-,14+,15-,16-,17+/m0/s1. The van der Waals surface area contributed by atoms with Crippen LogP contribution < -0.4 is 0 Å². The number of morpholine rings is 1. The Balaban J connectivity index is 1.54. The minimum absolute atomic E-state index is 0.122. The normalized spacial score (nSPS) is 30.6. The molecule has 2 heterocycles. The molecule has 27 heavy (non-hydrogen) atoms. The maximum absolute atomic E-state index is 12.8. The summed E-state index contributed by atoms with van der Waals surface area (Å²) in [5.41, 5.74) is 0.863. The Morgan fingerprint density at radius 2 is 1.96 bits per heavy atom. The molecule has 3 aliphatic rings. The first-order valence-electron chi connectivity index (χ1n) is 9.14. The highest BCUT2D eigenvalue weighted by molar-refractivity contribution is 5.85. The van der Waals surface area contributed by atoms with E-state index in [9.17, 15) is 14.4 Å². The van der Waals surface area contributed by atoms with Crippen molar-refractivity contribution < 1.29 is 28.6 Å². The molecule has 2 saturated heterocycles. The van der Waals surface area contributed by atoms with Crippen LogP contribution in [0.15, 0.2) is 42.5 Å². The predicted octanol–water partition coefficient (Wildman–Crippen LogP) is 2.06. The highest BCUT2D eigenvalue weighted by Gasteiger charge is 2.60. The summed E-state index contributed by atoms with van der Waals surface area (Å²) in [5.74, 6) is -1.51. The van der Waals surface area contributed by atoms with Gasteiger partial charge in [0, 0.05) is 5.92 Å². The van der Waals surface area contributed by atoms with E-state index in [-0.39, 0.29) is 25.1 Å². The molecule has 142 valence electrons. The molecule has 0 saturated carbocycles. The lowest BCUT2D eigenvalue weighted by atomic mass is 9.79. The summed E-state index contributed by atoms with van der Waals surface area (Å²) in [5, 5.41) is 0. The Kier molecular flexibility index (Phi) is 4.59. The molecule has 0 radical (unpaired) electrons. The molecular formula is C20H21NO6. The SMILES string of the molecule is CCOC(=O)[C@H]1C=C[C@@H]2OC(=O)[C@@H]3C[C@H]1[C@H]2N3C(=O)OCc1ccccc1. The lowest BCUT2D eigenvalue weighted by Crippen LogP contribution is -2.58. The third kappa shape index (κ3) is 3.07. The second kappa shape index (κ2) is 7.06. The average Bonchev–Trinajstić information content (AvgIpc) is 3.05. The molecular weight excluding hydrogens is 350 g/mol. The minimum atomic E-state index is -0.726. The quantitative estimate of drug-likeness (QED) is 0.458. The number of carbonyl (C=O) groups is 3. The van der Waals surface area contributed by atoms with E-state index < -0.39 is 36.2 Å². The summed E-state index contributed by atoms with van der Waals surface area (Å²) < 4.78 is 16.0. The maximum atomic E-state index is 12.8. The van der Waals surface area contributed by atoms with Gasteiger partial charge in [-0.15, -0.1) is 0 Å². The second-order valence-electron chi connectivity index (χ2n) is 6.92. The van der Waals surface area contributed by atoms with Crippen molar-refractivity contribution in [1.29, 1.82) is 0 Å². The zero-order chi connectivity index (χ0) is 19.0. The van der Waals surface area contributed by atoms with Crippen molar-refractivity contribution in [2.24, 2.45) is 11.8 Å². The van der Waals surface area contributed by atoms with E-state index in [1.807, 2.05) is 30.3 Å².